The minimum atomic E-state index is -0.770. The van der Waals surface area contributed by atoms with Gasteiger partial charge in [-0.05, 0) is 83.5 Å². The summed E-state index contributed by atoms with van der Waals surface area (Å²) in [4.78, 5) is 37.6. The summed E-state index contributed by atoms with van der Waals surface area (Å²) in [6.45, 7) is 6.42. The number of ether oxygens (including phenoxy) is 3. The summed E-state index contributed by atoms with van der Waals surface area (Å²) in [5.74, 6) is -0.896. The van der Waals surface area contributed by atoms with Gasteiger partial charge in [-0.1, -0.05) is 246 Å². The fourth-order valence-electron chi connectivity index (χ4n) is 7.46. The topological polar surface area (TPSA) is 78.9 Å². The van der Waals surface area contributed by atoms with Crippen LogP contribution in [0.3, 0.4) is 0 Å². The van der Waals surface area contributed by atoms with Crippen LogP contribution in [0.5, 0.6) is 0 Å². The van der Waals surface area contributed by atoms with Gasteiger partial charge in [0.2, 0.25) is 0 Å². The van der Waals surface area contributed by atoms with Crippen LogP contribution in [0.2, 0.25) is 0 Å². The Bertz CT molecular complexity index is 1350. The molecule has 0 aromatic rings. The SMILES string of the molecule is CC/C=C\C/C=C\C/C=C\C/C=C\C/C=C\C/C=C\C/C=C\C/C=C\CCCCCCCCCCCCC(=O)OCC(COC(=O)CCCCCCCC)OC(=O)CCCCCCCCCC. The third kappa shape index (κ3) is 53.2. The zero-order chi connectivity index (χ0) is 48.6. The number of carbonyl (C=O) groups is 3. The van der Waals surface area contributed by atoms with Crippen molar-refractivity contribution in [1.82, 2.24) is 0 Å². The molecule has 0 aliphatic rings. The molecule has 0 radical (unpaired) electrons. The average molecular weight is 931 g/mol. The van der Waals surface area contributed by atoms with Crippen LogP contribution in [0, 0.1) is 0 Å². The zero-order valence-electron chi connectivity index (χ0n) is 43.6. The number of hydrogen-bond acceptors (Lipinski definition) is 6. The Morgan fingerprint density at radius 1 is 0.313 bits per heavy atom. The zero-order valence-corrected chi connectivity index (χ0v) is 43.6. The summed E-state index contributed by atoms with van der Waals surface area (Å²) in [5, 5.41) is 0. The summed E-state index contributed by atoms with van der Waals surface area (Å²) >= 11 is 0. The monoisotopic (exact) mass is 931 g/mol. The van der Waals surface area contributed by atoms with Crippen LogP contribution in [-0.2, 0) is 28.6 Å². The van der Waals surface area contributed by atoms with Crippen LogP contribution >= 0.6 is 0 Å². The minimum Gasteiger partial charge on any atom is -0.462 e. The molecule has 6 heteroatoms. The molecule has 0 heterocycles. The van der Waals surface area contributed by atoms with Crippen LogP contribution in [-0.4, -0.2) is 37.2 Å². The predicted octanol–water partition coefficient (Wildman–Crippen LogP) is 18.5. The van der Waals surface area contributed by atoms with E-state index in [1.807, 2.05) is 0 Å². The number of allylic oxidation sites excluding steroid dienone is 16. The van der Waals surface area contributed by atoms with Crippen molar-refractivity contribution in [2.45, 2.75) is 258 Å². The molecule has 1 atom stereocenters. The normalized spacial score (nSPS) is 12.8. The molecule has 0 fully saturated rings. The van der Waals surface area contributed by atoms with Gasteiger partial charge < -0.3 is 14.2 Å². The first-order chi connectivity index (χ1) is 33.0. The quantitative estimate of drug-likeness (QED) is 0.0262. The molecule has 0 aromatic carbocycles. The number of unbranched alkanes of at least 4 members (excludes halogenated alkanes) is 22. The van der Waals surface area contributed by atoms with E-state index in [0.29, 0.717) is 19.3 Å². The van der Waals surface area contributed by atoms with E-state index in [1.165, 1.54) is 103 Å². The van der Waals surface area contributed by atoms with Crippen LogP contribution in [0.1, 0.15) is 252 Å². The van der Waals surface area contributed by atoms with E-state index < -0.39 is 6.10 Å². The van der Waals surface area contributed by atoms with Gasteiger partial charge in [-0.3, -0.25) is 14.4 Å². The van der Waals surface area contributed by atoms with Gasteiger partial charge in [0.25, 0.3) is 0 Å². The second-order valence-corrected chi connectivity index (χ2v) is 18.1. The van der Waals surface area contributed by atoms with E-state index in [4.69, 9.17) is 14.2 Å². The van der Waals surface area contributed by atoms with Crippen molar-refractivity contribution in [1.29, 1.82) is 0 Å². The highest BCUT2D eigenvalue weighted by atomic mass is 16.6. The summed E-state index contributed by atoms with van der Waals surface area (Å²) in [6.07, 6.45) is 73.1. The summed E-state index contributed by atoms with van der Waals surface area (Å²) in [7, 11) is 0. The van der Waals surface area contributed by atoms with E-state index in [2.05, 4.69) is 118 Å². The van der Waals surface area contributed by atoms with Crippen molar-refractivity contribution in [3.8, 4) is 0 Å². The van der Waals surface area contributed by atoms with E-state index >= 15 is 0 Å². The van der Waals surface area contributed by atoms with Gasteiger partial charge in [0.05, 0.1) is 0 Å². The maximum Gasteiger partial charge on any atom is 0.306 e. The summed E-state index contributed by atoms with van der Waals surface area (Å²) in [5.41, 5.74) is 0. The molecule has 0 rings (SSSR count). The Morgan fingerprint density at radius 2 is 0.582 bits per heavy atom. The lowest BCUT2D eigenvalue weighted by molar-refractivity contribution is -0.167. The molecule has 6 nitrogen and oxygen atoms in total. The third-order valence-corrected chi connectivity index (χ3v) is 11.6. The first kappa shape index (κ1) is 63.3. The van der Waals surface area contributed by atoms with E-state index in [-0.39, 0.29) is 31.1 Å². The standard InChI is InChI=1S/C61H102O6/c1-4-7-10-13-16-18-19-20-21-22-23-24-25-26-27-28-29-30-31-32-33-34-35-36-37-38-39-40-41-42-43-44-46-48-51-54-60(63)66-57-58(56-65-59(62)53-50-47-15-12-9-6-3)67-61(64)55-52-49-45-17-14-11-8-5-2/h7,10,16,18,20-21,23-24,26-27,29-30,32-33,35-36,58H,4-6,8-9,11-15,17,19,22,25,28,31,34,37-57H2,1-3H3/b10-7-,18-16-,21-20-,24-23-,27-26-,30-29-,33-32-,36-35-. The van der Waals surface area contributed by atoms with Gasteiger partial charge in [0.15, 0.2) is 6.10 Å². The predicted molar refractivity (Wildman–Crippen MR) is 288 cm³/mol. The van der Waals surface area contributed by atoms with Crippen LogP contribution in [0.25, 0.3) is 0 Å². The highest BCUT2D eigenvalue weighted by Gasteiger charge is 2.19. The molecule has 0 saturated carbocycles. The molecular weight excluding hydrogens is 829 g/mol. The Morgan fingerprint density at radius 3 is 0.910 bits per heavy atom. The fraction of sp³-hybridized carbons (Fsp3) is 0.689. The van der Waals surface area contributed by atoms with Gasteiger partial charge >= 0.3 is 17.9 Å². The molecule has 1 unspecified atom stereocenters. The van der Waals surface area contributed by atoms with Crippen LogP contribution in [0.15, 0.2) is 97.2 Å². The molecule has 0 N–H and O–H groups in total. The van der Waals surface area contributed by atoms with E-state index in [9.17, 15) is 14.4 Å². The van der Waals surface area contributed by atoms with Gasteiger partial charge in [-0.15, -0.1) is 0 Å². The minimum absolute atomic E-state index is 0.0761. The fourth-order valence-corrected chi connectivity index (χ4v) is 7.46. The van der Waals surface area contributed by atoms with Gasteiger partial charge in [-0.25, -0.2) is 0 Å². The van der Waals surface area contributed by atoms with Crippen molar-refractivity contribution in [3.05, 3.63) is 97.2 Å². The Hall–Kier alpha value is -3.67. The summed E-state index contributed by atoms with van der Waals surface area (Å²) in [6, 6.07) is 0. The molecule has 0 bridgehead atoms. The van der Waals surface area contributed by atoms with Crippen LogP contribution in [0.4, 0.5) is 0 Å². The van der Waals surface area contributed by atoms with Crippen molar-refractivity contribution >= 4 is 17.9 Å². The Kier molecular flexibility index (Phi) is 51.9. The second-order valence-electron chi connectivity index (χ2n) is 18.1. The lowest BCUT2D eigenvalue weighted by atomic mass is 10.1. The van der Waals surface area contributed by atoms with Gasteiger partial charge in [0.1, 0.15) is 13.2 Å². The Labute approximate surface area is 413 Å². The third-order valence-electron chi connectivity index (χ3n) is 11.6. The van der Waals surface area contributed by atoms with Crippen molar-refractivity contribution in [2.75, 3.05) is 13.2 Å². The second kappa shape index (κ2) is 54.9. The smallest absolute Gasteiger partial charge is 0.306 e. The number of hydrogen-bond donors (Lipinski definition) is 0. The van der Waals surface area contributed by atoms with Gasteiger partial charge in [0, 0.05) is 19.3 Å². The molecule has 0 amide bonds. The molecule has 0 saturated heterocycles. The molecule has 0 aliphatic heterocycles. The van der Waals surface area contributed by atoms with Crippen molar-refractivity contribution in [3.63, 3.8) is 0 Å². The first-order valence-corrected chi connectivity index (χ1v) is 27.7. The number of carbonyl (C=O) groups excluding carboxylic acids is 3. The lowest BCUT2D eigenvalue weighted by Gasteiger charge is -2.18. The molecule has 67 heavy (non-hydrogen) atoms. The number of rotatable bonds is 49. The molecule has 0 aliphatic carbocycles. The Balaban J connectivity index is 3.96. The molecule has 0 spiro atoms. The highest BCUT2D eigenvalue weighted by Crippen LogP contribution is 2.15. The van der Waals surface area contributed by atoms with Gasteiger partial charge in [-0.2, -0.15) is 0 Å². The maximum absolute atomic E-state index is 12.6. The molecular formula is C61H102O6. The first-order valence-electron chi connectivity index (χ1n) is 27.7. The molecule has 0 aromatic heterocycles. The maximum atomic E-state index is 12.6. The van der Waals surface area contributed by atoms with E-state index in [1.54, 1.807) is 0 Å². The largest absolute Gasteiger partial charge is 0.462 e. The summed E-state index contributed by atoms with van der Waals surface area (Å²) < 4.78 is 16.6. The number of esters is 3. The average Bonchev–Trinajstić information content (AvgIpc) is 3.33. The van der Waals surface area contributed by atoms with Crippen LogP contribution < -0.4 is 0 Å². The van der Waals surface area contributed by atoms with E-state index in [0.717, 1.165) is 109 Å². The lowest BCUT2D eigenvalue weighted by Crippen LogP contribution is -2.30. The molecule has 382 valence electrons. The highest BCUT2D eigenvalue weighted by molar-refractivity contribution is 5.71. The van der Waals surface area contributed by atoms with Crippen molar-refractivity contribution in [2.24, 2.45) is 0 Å². The van der Waals surface area contributed by atoms with Crippen molar-refractivity contribution < 1.29 is 28.6 Å².